The molecule has 0 radical (unpaired) electrons. The van der Waals surface area contributed by atoms with Gasteiger partial charge < -0.3 is 9.67 Å². The molecular weight excluding hydrogens is 206 g/mol. The van der Waals surface area contributed by atoms with E-state index in [0.717, 1.165) is 6.54 Å². The first-order valence-corrected chi connectivity index (χ1v) is 8.53. The average molecular weight is 229 g/mol. The summed E-state index contributed by atoms with van der Waals surface area (Å²) < 4.78 is 2.25. The predicted molar refractivity (Wildman–Crippen MR) is 64.5 cm³/mol. The van der Waals surface area contributed by atoms with E-state index in [2.05, 4.69) is 38.4 Å². The molecule has 1 N–H and O–H groups in total. The summed E-state index contributed by atoms with van der Waals surface area (Å²) in [6.07, 6.45) is 0. The van der Waals surface area contributed by atoms with E-state index in [1.54, 1.807) is 0 Å². The van der Waals surface area contributed by atoms with Crippen LogP contribution in [0.3, 0.4) is 0 Å². The minimum atomic E-state index is -1.64. The lowest BCUT2D eigenvalue weighted by atomic mass is 9.94. The summed E-state index contributed by atoms with van der Waals surface area (Å²) in [6, 6.07) is -0.245. The van der Waals surface area contributed by atoms with Crippen LogP contribution in [-0.2, 0) is 4.79 Å². The van der Waals surface area contributed by atoms with Crippen LogP contribution in [0.2, 0.25) is 18.1 Å². The number of carboxylic acid groups (broad SMARTS) is 1. The van der Waals surface area contributed by atoms with Gasteiger partial charge in [-0.3, -0.25) is 4.79 Å². The quantitative estimate of drug-likeness (QED) is 0.739. The molecule has 0 amide bonds. The molecule has 1 saturated heterocycles. The van der Waals surface area contributed by atoms with E-state index >= 15 is 0 Å². The van der Waals surface area contributed by atoms with E-state index in [9.17, 15) is 9.90 Å². The van der Waals surface area contributed by atoms with E-state index in [-0.39, 0.29) is 11.1 Å². The number of nitrogens with zero attached hydrogens (tertiary/aromatic N) is 1. The Labute approximate surface area is 93.6 Å². The third-order valence-corrected chi connectivity index (χ3v) is 9.73. The van der Waals surface area contributed by atoms with Gasteiger partial charge >= 0.3 is 5.97 Å². The van der Waals surface area contributed by atoms with Crippen molar-refractivity contribution in [2.24, 2.45) is 5.92 Å². The highest BCUT2D eigenvalue weighted by Gasteiger charge is 2.53. The van der Waals surface area contributed by atoms with Crippen LogP contribution in [0, 0.1) is 5.92 Å². The average Bonchev–Trinajstić information content (AvgIpc) is 1.95. The maximum atomic E-state index is 11.2. The molecule has 0 spiro atoms. The number of rotatable bonds is 2. The zero-order valence-corrected chi connectivity index (χ0v) is 11.7. The van der Waals surface area contributed by atoms with Crippen molar-refractivity contribution in [1.82, 2.24) is 4.57 Å². The van der Waals surface area contributed by atoms with Crippen LogP contribution < -0.4 is 0 Å². The number of aliphatic carboxylic acids is 1. The van der Waals surface area contributed by atoms with Crippen molar-refractivity contribution in [3.8, 4) is 0 Å². The second-order valence-corrected chi connectivity index (χ2v) is 11.4. The van der Waals surface area contributed by atoms with Crippen LogP contribution in [0.4, 0.5) is 0 Å². The van der Waals surface area contributed by atoms with Gasteiger partial charge in [0.2, 0.25) is 0 Å². The fourth-order valence-corrected chi connectivity index (χ4v) is 4.74. The van der Waals surface area contributed by atoms with Crippen molar-refractivity contribution in [2.45, 2.75) is 51.9 Å². The molecular formula is C11H23NO2Si. The molecule has 1 fully saturated rings. The molecule has 0 aliphatic carbocycles. The zero-order chi connectivity index (χ0) is 12.0. The molecule has 0 aromatic rings. The molecule has 3 nitrogen and oxygen atoms in total. The monoisotopic (exact) mass is 229 g/mol. The zero-order valence-electron chi connectivity index (χ0n) is 10.7. The molecule has 0 aromatic carbocycles. The smallest absolute Gasteiger partial charge is 0.320 e. The maximum Gasteiger partial charge on any atom is 0.320 e. The van der Waals surface area contributed by atoms with Crippen molar-refractivity contribution < 1.29 is 9.90 Å². The first-order chi connectivity index (χ1) is 6.59. The first-order valence-electron chi connectivity index (χ1n) is 5.58. The highest BCUT2D eigenvalue weighted by Crippen LogP contribution is 2.43. The molecule has 88 valence electrons. The van der Waals surface area contributed by atoms with Crippen molar-refractivity contribution in [3.05, 3.63) is 0 Å². The van der Waals surface area contributed by atoms with E-state index in [4.69, 9.17) is 0 Å². The van der Waals surface area contributed by atoms with E-state index in [1.165, 1.54) is 0 Å². The van der Waals surface area contributed by atoms with Gasteiger partial charge in [0.15, 0.2) is 0 Å². The molecule has 0 saturated carbocycles. The van der Waals surface area contributed by atoms with Crippen LogP contribution >= 0.6 is 0 Å². The van der Waals surface area contributed by atoms with Gasteiger partial charge in [0.05, 0.1) is 0 Å². The molecule has 0 aromatic heterocycles. The van der Waals surface area contributed by atoms with Crippen molar-refractivity contribution in [3.63, 3.8) is 0 Å². The first kappa shape index (κ1) is 12.7. The Morgan fingerprint density at radius 2 is 1.87 bits per heavy atom. The Balaban J connectivity index is 2.87. The Morgan fingerprint density at radius 3 is 2.13 bits per heavy atom. The minimum Gasteiger partial charge on any atom is -0.480 e. The Morgan fingerprint density at radius 1 is 1.40 bits per heavy atom. The third kappa shape index (κ3) is 1.97. The number of carboxylic acids is 1. The van der Waals surface area contributed by atoms with Gasteiger partial charge in [-0.25, -0.2) is 0 Å². The molecule has 15 heavy (non-hydrogen) atoms. The minimum absolute atomic E-state index is 0.223. The number of hydrogen-bond acceptors (Lipinski definition) is 2. The van der Waals surface area contributed by atoms with E-state index in [0.29, 0.717) is 5.92 Å². The second-order valence-electron chi connectivity index (χ2n) is 6.22. The lowest BCUT2D eigenvalue weighted by Crippen LogP contribution is -2.71. The molecule has 2 atom stereocenters. The van der Waals surface area contributed by atoms with Gasteiger partial charge in [-0.15, -0.1) is 0 Å². The van der Waals surface area contributed by atoms with Gasteiger partial charge in [-0.05, 0) is 17.5 Å². The largest absolute Gasteiger partial charge is 0.480 e. The summed E-state index contributed by atoms with van der Waals surface area (Å²) in [5, 5.41) is 9.41. The van der Waals surface area contributed by atoms with E-state index in [1.807, 2.05) is 6.92 Å². The van der Waals surface area contributed by atoms with Gasteiger partial charge in [-0.2, -0.15) is 0 Å². The molecule has 0 unspecified atom stereocenters. The van der Waals surface area contributed by atoms with Crippen molar-refractivity contribution in [2.75, 3.05) is 6.54 Å². The molecule has 1 aliphatic heterocycles. The highest BCUT2D eigenvalue weighted by atomic mass is 28.3. The SMILES string of the molecule is C[C@@H]1CN([Si](C)(C)C(C)(C)C)[C@@H]1C(=O)O. The Kier molecular flexibility index (Phi) is 3.05. The summed E-state index contributed by atoms with van der Waals surface area (Å²) in [6.45, 7) is 14.2. The summed E-state index contributed by atoms with van der Waals surface area (Å²) in [7, 11) is -1.64. The standard InChI is InChI=1S/C11H23NO2Si/c1-8-7-12(9(8)10(13)14)15(5,6)11(2,3)4/h8-9H,7H2,1-6H3,(H,13,14)/t8-,9+/m1/s1. The topological polar surface area (TPSA) is 40.5 Å². The van der Waals surface area contributed by atoms with Gasteiger partial charge in [0.1, 0.15) is 14.3 Å². The molecule has 1 rings (SSSR count). The summed E-state index contributed by atoms with van der Waals surface area (Å²) in [5.74, 6) is -0.352. The van der Waals surface area contributed by atoms with Crippen molar-refractivity contribution >= 4 is 14.2 Å². The van der Waals surface area contributed by atoms with Crippen molar-refractivity contribution in [1.29, 1.82) is 0 Å². The fraction of sp³-hybridized carbons (Fsp3) is 0.909. The van der Waals surface area contributed by atoms with Crippen LogP contribution in [0.5, 0.6) is 0 Å². The van der Waals surface area contributed by atoms with Gasteiger partial charge in [0, 0.05) is 0 Å². The van der Waals surface area contributed by atoms with E-state index < -0.39 is 14.2 Å². The molecule has 1 heterocycles. The number of hydrogen-bond donors (Lipinski definition) is 1. The van der Waals surface area contributed by atoms with Crippen LogP contribution in [0.15, 0.2) is 0 Å². The Bertz CT molecular complexity index is 270. The molecule has 4 heteroatoms. The lowest BCUT2D eigenvalue weighted by molar-refractivity contribution is -0.148. The lowest BCUT2D eigenvalue weighted by Gasteiger charge is -2.56. The molecule has 0 bridgehead atoms. The number of carbonyl (C=O) groups is 1. The van der Waals surface area contributed by atoms with Crippen LogP contribution in [-0.4, -0.2) is 36.5 Å². The fourth-order valence-electron chi connectivity index (χ4n) is 2.08. The Hall–Kier alpha value is -0.353. The van der Waals surface area contributed by atoms with Gasteiger partial charge in [-0.1, -0.05) is 40.8 Å². The molecule has 1 aliphatic rings. The second kappa shape index (κ2) is 3.59. The third-order valence-electron chi connectivity index (χ3n) is 4.17. The van der Waals surface area contributed by atoms with Crippen LogP contribution in [0.25, 0.3) is 0 Å². The van der Waals surface area contributed by atoms with Gasteiger partial charge in [0.25, 0.3) is 0 Å². The summed E-state index contributed by atoms with van der Waals surface area (Å²) >= 11 is 0. The maximum absolute atomic E-state index is 11.2. The summed E-state index contributed by atoms with van der Waals surface area (Å²) in [5.41, 5.74) is 0. The van der Waals surface area contributed by atoms with Crippen LogP contribution in [0.1, 0.15) is 27.7 Å². The predicted octanol–water partition coefficient (Wildman–Crippen LogP) is 2.40. The summed E-state index contributed by atoms with van der Waals surface area (Å²) in [4.78, 5) is 11.2. The highest BCUT2D eigenvalue weighted by molar-refractivity contribution is 6.77. The normalized spacial score (nSPS) is 28.7.